The molecule has 0 radical (unpaired) electrons. The number of hydrogen-bond acceptors (Lipinski definition) is 7. The Morgan fingerprint density at radius 3 is 2.89 bits per heavy atom. The molecular formula is C20H24ClN5O2. The Morgan fingerprint density at radius 2 is 2.11 bits per heavy atom. The second-order valence-corrected chi connectivity index (χ2v) is 7.44. The first-order chi connectivity index (χ1) is 13.5. The van der Waals surface area contributed by atoms with E-state index in [-0.39, 0.29) is 12.7 Å². The van der Waals surface area contributed by atoms with Gasteiger partial charge in [0, 0.05) is 36.3 Å². The summed E-state index contributed by atoms with van der Waals surface area (Å²) in [7, 11) is 1.80. The number of anilines is 2. The first-order valence-electron chi connectivity index (χ1n) is 9.36. The number of hydrogen-bond donors (Lipinski definition) is 3. The number of nitrogens with two attached hydrogens (primary N) is 1. The number of nitrogens with one attached hydrogen (secondary N) is 2. The first-order valence-corrected chi connectivity index (χ1v) is 9.74. The molecule has 7 nitrogen and oxygen atoms in total. The summed E-state index contributed by atoms with van der Waals surface area (Å²) in [5, 5.41) is 7.18. The second-order valence-electron chi connectivity index (χ2n) is 7.07. The molecule has 2 aromatic rings. The number of aryl methyl sites for hydroxylation is 1. The normalized spacial score (nSPS) is 18.6. The number of ether oxygens (including phenoxy) is 2. The maximum absolute atomic E-state index is 6.98. The molecule has 8 heteroatoms. The third-order valence-electron chi connectivity index (χ3n) is 5.20. The van der Waals surface area contributed by atoms with E-state index in [1.165, 1.54) is 0 Å². The van der Waals surface area contributed by atoms with Crippen LogP contribution < -0.4 is 25.8 Å². The summed E-state index contributed by atoms with van der Waals surface area (Å²) < 4.78 is 11.5. The number of benzene rings is 1. The summed E-state index contributed by atoms with van der Waals surface area (Å²) in [6.07, 6.45) is 4.11. The van der Waals surface area contributed by atoms with Gasteiger partial charge in [0.05, 0.1) is 10.7 Å². The van der Waals surface area contributed by atoms with Crippen LogP contribution in [0.25, 0.3) is 16.7 Å². The van der Waals surface area contributed by atoms with Gasteiger partial charge in [0.25, 0.3) is 0 Å². The lowest BCUT2D eigenvalue weighted by molar-refractivity contribution is 0.173. The Morgan fingerprint density at radius 1 is 1.29 bits per heavy atom. The molecule has 0 fully saturated rings. The van der Waals surface area contributed by atoms with Crippen LogP contribution in [0.1, 0.15) is 31.0 Å². The highest BCUT2D eigenvalue weighted by molar-refractivity contribution is 6.35. The highest BCUT2D eigenvalue weighted by Gasteiger charge is 2.28. The molecule has 4 N–H and O–H groups in total. The average molecular weight is 402 g/mol. The number of rotatable bonds is 3. The first kappa shape index (κ1) is 18.8. The van der Waals surface area contributed by atoms with Crippen molar-refractivity contribution in [2.75, 3.05) is 31.4 Å². The van der Waals surface area contributed by atoms with Gasteiger partial charge in [-0.3, -0.25) is 0 Å². The van der Waals surface area contributed by atoms with E-state index in [0.29, 0.717) is 28.4 Å². The van der Waals surface area contributed by atoms with Crippen molar-refractivity contribution in [3.63, 3.8) is 0 Å². The van der Waals surface area contributed by atoms with Crippen molar-refractivity contribution in [1.82, 2.24) is 15.3 Å². The second kappa shape index (κ2) is 7.48. The topological polar surface area (TPSA) is 94.3 Å². The van der Waals surface area contributed by atoms with Crippen LogP contribution in [0.5, 0.6) is 11.5 Å². The Hall–Kier alpha value is -2.51. The van der Waals surface area contributed by atoms with Crippen molar-refractivity contribution < 1.29 is 9.47 Å². The van der Waals surface area contributed by atoms with Crippen LogP contribution in [0.2, 0.25) is 5.02 Å². The van der Waals surface area contributed by atoms with Gasteiger partial charge in [-0.2, -0.15) is 4.98 Å². The molecule has 1 atom stereocenters. The fourth-order valence-electron chi connectivity index (χ4n) is 3.77. The number of allylic oxidation sites excluding steroid dienone is 1. The molecular weight excluding hydrogens is 378 g/mol. The molecule has 3 heterocycles. The third-order valence-corrected chi connectivity index (χ3v) is 5.59. The number of nitrogen functional groups attached to an aromatic ring is 1. The van der Waals surface area contributed by atoms with Gasteiger partial charge in [-0.05, 0) is 38.3 Å². The van der Waals surface area contributed by atoms with Crippen LogP contribution in [0.15, 0.2) is 12.1 Å². The Kier molecular flexibility index (Phi) is 5.03. The van der Waals surface area contributed by atoms with E-state index in [1.54, 1.807) is 7.05 Å². The Labute approximate surface area is 169 Å². The van der Waals surface area contributed by atoms with Gasteiger partial charge in [0.15, 0.2) is 11.5 Å². The van der Waals surface area contributed by atoms with Crippen LogP contribution in [0.3, 0.4) is 0 Å². The van der Waals surface area contributed by atoms with E-state index in [2.05, 4.69) is 33.6 Å². The van der Waals surface area contributed by atoms with E-state index in [4.69, 9.17) is 26.8 Å². The standard InChI is InChI=1S/C20H24ClN5O2/c1-10-4-5-12(6-7-24-10)16-17(21)13(8-14-18(16)28-9-27-14)15-11(2)25-20(22)26-19(15)23-3/h6,8,10,24H,4-5,7,9H2,1-3H3,(H3,22,23,25,26)/t10-/m1/s1. The van der Waals surface area contributed by atoms with Gasteiger partial charge >= 0.3 is 0 Å². The maximum Gasteiger partial charge on any atom is 0.231 e. The predicted octanol–water partition coefficient (Wildman–Crippen LogP) is 3.61. The zero-order valence-corrected chi connectivity index (χ0v) is 17.0. The molecule has 2 aliphatic rings. The van der Waals surface area contributed by atoms with Crippen LogP contribution >= 0.6 is 11.6 Å². The molecule has 0 saturated heterocycles. The summed E-state index contributed by atoms with van der Waals surface area (Å²) >= 11 is 6.98. The zero-order chi connectivity index (χ0) is 19.8. The van der Waals surface area contributed by atoms with Gasteiger partial charge in [0.2, 0.25) is 12.7 Å². The van der Waals surface area contributed by atoms with Gasteiger partial charge < -0.3 is 25.8 Å². The van der Waals surface area contributed by atoms with Crippen molar-refractivity contribution in [3.8, 4) is 22.6 Å². The van der Waals surface area contributed by atoms with Crippen molar-refractivity contribution in [3.05, 3.63) is 28.4 Å². The van der Waals surface area contributed by atoms with E-state index in [0.717, 1.165) is 47.3 Å². The van der Waals surface area contributed by atoms with Crippen LogP contribution in [-0.4, -0.2) is 36.4 Å². The Balaban J connectivity index is 1.94. The lowest BCUT2D eigenvalue weighted by Gasteiger charge is -2.18. The molecule has 28 heavy (non-hydrogen) atoms. The largest absolute Gasteiger partial charge is 0.454 e. The minimum absolute atomic E-state index is 0.181. The predicted molar refractivity (Wildman–Crippen MR) is 112 cm³/mol. The Bertz CT molecular complexity index is 960. The molecule has 1 aromatic heterocycles. The fraction of sp³-hybridized carbons (Fsp3) is 0.400. The minimum atomic E-state index is 0.181. The summed E-state index contributed by atoms with van der Waals surface area (Å²) in [6, 6.07) is 2.35. The molecule has 2 aliphatic heterocycles. The lowest BCUT2D eigenvalue weighted by Crippen LogP contribution is -2.24. The molecule has 0 unspecified atom stereocenters. The van der Waals surface area contributed by atoms with Crippen molar-refractivity contribution >= 4 is 28.9 Å². The van der Waals surface area contributed by atoms with E-state index in [1.807, 2.05) is 13.0 Å². The average Bonchev–Trinajstić information content (AvgIpc) is 3.01. The number of aromatic nitrogens is 2. The highest BCUT2D eigenvalue weighted by atomic mass is 35.5. The van der Waals surface area contributed by atoms with Crippen LogP contribution in [0, 0.1) is 6.92 Å². The third kappa shape index (κ3) is 3.25. The zero-order valence-electron chi connectivity index (χ0n) is 16.2. The highest BCUT2D eigenvalue weighted by Crippen LogP contribution is 2.50. The summed E-state index contributed by atoms with van der Waals surface area (Å²) in [5.41, 5.74) is 10.2. The van der Waals surface area contributed by atoms with Crippen molar-refractivity contribution in [2.45, 2.75) is 32.7 Å². The minimum Gasteiger partial charge on any atom is -0.454 e. The van der Waals surface area contributed by atoms with Gasteiger partial charge in [0.1, 0.15) is 5.82 Å². The molecule has 0 bridgehead atoms. The monoisotopic (exact) mass is 401 g/mol. The molecule has 4 rings (SSSR count). The summed E-state index contributed by atoms with van der Waals surface area (Å²) in [5.74, 6) is 2.23. The van der Waals surface area contributed by atoms with Crippen molar-refractivity contribution in [1.29, 1.82) is 0 Å². The van der Waals surface area contributed by atoms with Crippen LogP contribution in [-0.2, 0) is 0 Å². The molecule has 0 spiro atoms. The molecule has 0 amide bonds. The van der Waals surface area contributed by atoms with E-state index >= 15 is 0 Å². The van der Waals surface area contributed by atoms with Gasteiger partial charge in [-0.25, -0.2) is 4.98 Å². The number of halogens is 1. The molecule has 0 saturated carbocycles. The van der Waals surface area contributed by atoms with E-state index < -0.39 is 0 Å². The van der Waals surface area contributed by atoms with Crippen molar-refractivity contribution in [2.24, 2.45) is 0 Å². The fourth-order valence-corrected chi connectivity index (χ4v) is 4.13. The summed E-state index contributed by atoms with van der Waals surface area (Å²) in [4.78, 5) is 8.66. The van der Waals surface area contributed by atoms with E-state index in [9.17, 15) is 0 Å². The number of nitrogens with zero attached hydrogens (tertiary/aromatic N) is 2. The smallest absolute Gasteiger partial charge is 0.231 e. The summed E-state index contributed by atoms with van der Waals surface area (Å²) in [6.45, 7) is 5.05. The maximum atomic E-state index is 6.98. The molecule has 148 valence electrons. The molecule has 0 aliphatic carbocycles. The lowest BCUT2D eigenvalue weighted by atomic mass is 9.93. The SMILES string of the molecule is CNc1nc(N)nc(C)c1-c1cc2c(c(C3=CCN[C@H](C)CC3)c1Cl)OCO2. The van der Waals surface area contributed by atoms with Gasteiger partial charge in [-0.1, -0.05) is 17.7 Å². The van der Waals surface area contributed by atoms with Gasteiger partial charge in [-0.15, -0.1) is 0 Å². The quantitative estimate of drug-likeness (QED) is 0.723. The van der Waals surface area contributed by atoms with Crippen LogP contribution in [0.4, 0.5) is 11.8 Å². The molecule has 1 aromatic carbocycles. The number of fused-ring (bicyclic) bond motifs is 1.